The van der Waals surface area contributed by atoms with E-state index in [2.05, 4.69) is 82.4 Å². The van der Waals surface area contributed by atoms with Crippen LogP contribution in [-0.4, -0.2) is 5.78 Å². The van der Waals surface area contributed by atoms with Gasteiger partial charge in [0.2, 0.25) is 0 Å². The Balaban J connectivity index is 2.07. The van der Waals surface area contributed by atoms with Gasteiger partial charge in [0.15, 0.2) is 5.78 Å². The van der Waals surface area contributed by atoms with E-state index in [1.54, 1.807) is 0 Å². The third-order valence-electron chi connectivity index (χ3n) is 5.64. The number of Topliss-reactive ketones (excluding diaryl/α,β-unsaturated/α-hetero) is 1. The number of ketones is 1. The lowest BCUT2D eigenvalue weighted by Crippen LogP contribution is -2.42. The molecule has 1 unspecified atom stereocenters. The summed E-state index contributed by atoms with van der Waals surface area (Å²) in [7, 11) is 0. The number of benzene rings is 2. The Labute approximate surface area is 150 Å². The van der Waals surface area contributed by atoms with Crippen LogP contribution < -0.4 is 5.32 Å². The number of carbonyl (C=O) groups excluding carboxylic acids is 1. The molecule has 0 fully saturated rings. The van der Waals surface area contributed by atoms with Gasteiger partial charge < -0.3 is 5.32 Å². The van der Waals surface area contributed by atoms with Crippen molar-refractivity contribution < 1.29 is 4.79 Å². The fourth-order valence-corrected chi connectivity index (χ4v) is 4.43. The van der Waals surface area contributed by atoms with Gasteiger partial charge in [-0.15, -0.1) is 0 Å². The molecule has 0 bridgehead atoms. The minimum absolute atomic E-state index is 0.0448. The van der Waals surface area contributed by atoms with Crippen molar-refractivity contribution in [2.24, 2.45) is 5.41 Å². The van der Waals surface area contributed by atoms with E-state index < -0.39 is 5.41 Å². The lowest BCUT2D eigenvalue weighted by Gasteiger charge is -2.44. The predicted molar refractivity (Wildman–Crippen MR) is 104 cm³/mol. The molecule has 1 atom stereocenters. The van der Waals surface area contributed by atoms with E-state index in [1.807, 2.05) is 6.07 Å². The van der Waals surface area contributed by atoms with Crippen LogP contribution >= 0.6 is 0 Å². The molecule has 0 amide bonds. The summed E-state index contributed by atoms with van der Waals surface area (Å²) in [6, 6.07) is 16.7. The maximum absolute atomic E-state index is 13.6. The second-order valence-corrected chi connectivity index (χ2v) is 8.80. The van der Waals surface area contributed by atoms with E-state index in [0.29, 0.717) is 0 Å². The summed E-state index contributed by atoms with van der Waals surface area (Å²) in [5.41, 5.74) is 5.99. The normalized spacial score (nSPS) is 21.2. The molecule has 2 heteroatoms. The molecule has 1 aliphatic heterocycles. The van der Waals surface area contributed by atoms with E-state index in [1.165, 1.54) is 5.56 Å². The Morgan fingerprint density at radius 2 is 1.60 bits per heavy atom. The predicted octanol–water partition coefficient (Wildman–Crippen LogP) is 5.51. The molecule has 2 aromatic rings. The van der Waals surface area contributed by atoms with Crippen LogP contribution in [-0.2, 0) is 10.2 Å². The van der Waals surface area contributed by atoms with Crippen molar-refractivity contribution in [3.63, 3.8) is 0 Å². The number of allylic oxidation sites excluding steroid dienone is 1. The molecular weight excluding hydrogens is 306 g/mol. The molecule has 1 N–H and O–H groups in total. The third kappa shape index (κ3) is 2.20. The van der Waals surface area contributed by atoms with Crippen molar-refractivity contribution >= 4 is 17.2 Å². The number of hydrogen-bond acceptors (Lipinski definition) is 2. The molecule has 0 saturated carbocycles. The van der Waals surface area contributed by atoms with Gasteiger partial charge in [0.05, 0.1) is 11.1 Å². The van der Waals surface area contributed by atoms with Gasteiger partial charge in [-0.25, -0.2) is 0 Å². The zero-order valence-electron chi connectivity index (χ0n) is 15.6. The molecule has 2 nitrogen and oxygen atoms in total. The number of nitrogens with one attached hydrogen (secondary N) is 1. The zero-order chi connectivity index (χ0) is 18.0. The zero-order valence-corrected chi connectivity index (χ0v) is 15.6. The maximum atomic E-state index is 13.6. The Morgan fingerprint density at radius 1 is 0.960 bits per heavy atom. The molecule has 25 heavy (non-hydrogen) atoms. The first-order chi connectivity index (χ1) is 11.7. The van der Waals surface area contributed by atoms with Crippen molar-refractivity contribution in [2.45, 2.75) is 46.0 Å². The SMILES string of the molecule is CC1(C)C(=O)C2=C(Nc3ccccc3C2C(C)(C)C)c2ccccc21. The molecule has 4 rings (SSSR count). The van der Waals surface area contributed by atoms with Crippen molar-refractivity contribution in [1.82, 2.24) is 0 Å². The second kappa shape index (κ2) is 5.08. The molecule has 1 aliphatic carbocycles. The topological polar surface area (TPSA) is 29.1 Å². The Hall–Kier alpha value is -2.35. The van der Waals surface area contributed by atoms with Crippen LogP contribution in [0.3, 0.4) is 0 Å². The van der Waals surface area contributed by atoms with Crippen molar-refractivity contribution in [2.75, 3.05) is 5.32 Å². The lowest BCUT2D eigenvalue weighted by atomic mass is 9.61. The summed E-state index contributed by atoms with van der Waals surface area (Å²) < 4.78 is 0. The molecule has 1 heterocycles. The van der Waals surface area contributed by atoms with Crippen molar-refractivity contribution in [3.05, 3.63) is 70.8 Å². The first-order valence-electron chi connectivity index (χ1n) is 8.97. The number of anilines is 1. The van der Waals surface area contributed by atoms with E-state index in [0.717, 1.165) is 28.1 Å². The lowest BCUT2D eigenvalue weighted by molar-refractivity contribution is -0.120. The van der Waals surface area contributed by atoms with Gasteiger partial charge in [0.1, 0.15) is 0 Å². The van der Waals surface area contributed by atoms with Crippen LogP contribution in [0.5, 0.6) is 0 Å². The highest BCUT2D eigenvalue weighted by Crippen LogP contribution is 2.54. The summed E-state index contributed by atoms with van der Waals surface area (Å²) in [6.45, 7) is 10.8. The van der Waals surface area contributed by atoms with Crippen LogP contribution in [0.25, 0.3) is 5.70 Å². The summed E-state index contributed by atoms with van der Waals surface area (Å²) in [5, 5.41) is 3.58. The van der Waals surface area contributed by atoms with Gasteiger partial charge in [-0.1, -0.05) is 63.2 Å². The van der Waals surface area contributed by atoms with Crippen molar-refractivity contribution in [3.8, 4) is 0 Å². The highest BCUT2D eigenvalue weighted by molar-refractivity contribution is 6.15. The van der Waals surface area contributed by atoms with Crippen LogP contribution in [0.15, 0.2) is 54.1 Å². The van der Waals surface area contributed by atoms with E-state index in [4.69, 9.17) is 0 Å². The smallest absolute Gasteiger partial charge is 0.171 e. The number of fused-ring (bicyclic) bond motifs is 3. The quantitative estimate of drug-likeness (QED) is 0.689. The van der Waals surface area contributed by atoms with Gasteiger partial charge in [-0.3, -0.25) is 4.79 Å². The Morgan fingerprint density at radius 3 is 2.32 bits per heavy atom. The number of carbonyl (C=O) groups is 1. The summed E-state index contributed by atoms with van der Waals surface area (Å²) in [5.74, 6) is 0.322. The summed E-state index contributed by atoms with van der Waals surface area (Å²) in [4.78, 5) is 13.6. The molecule has 128 valence electrons. The third-order valence-corrected chi connectivity index (χ3v) is 5.64. The summed E-state index contributed by atoms with van der Waals surface area (Å²) >= 11 is 0. The monoisotopic (exact) mass is 331 g/mol. The van der Waals surface area contributed by atoms with Gasteiger partial charge in [0.25, 0.3) is 0 Å². The van der Waals surface area contributed by atoms with Crippen molar-refractivity contribution in [1.29, 1.82) is 0 Å². The standard InChI is InChI=1S/C23H25NO/c1-22(2,3)19-15-11-7-9-13-17(15)24-20-14-10-6-8-12-16(14)23(4,5)21(25)18(19)20/h6-13,19,24H,1-5H3. The number of para-hydroxylation sites is 1. The van der Waals surface area contributed by atoms with Crippen LogP contribution in [0.1, 0.15) is 57.2 Å². The van der Waals surface area contributed by atoms with Crippen LogP contribution in [0.2, 0.25) is 0 Å². The summed E-state index contributed by atoms with van der Waals surface area (Å²) in [6.07, 6.45) is 0. The average molecular weight is 331 g/mol. The second-order valence-electron chi connectivity index (χ2n) is 8.80. The van der Waals surface area contributed by atoms with Gasteiger partial charge in [-0.2, -0.15) is 0 Å². The van der Waals surface area contributed by atoms with Crippen LogP contribution in [0, 0.1) is 5.41 Å². The number of rotatable bonds is 0. The minimum atomic E-state index is -0.507. The fourth-order valence-electron chi connectivity index (χ4n) is 4.43. The molecular formula is C23H25NO. The molecule has 2 aromatic carbocycles. The minimum Gasteiger partial charge on any atom is -0.354 e. The van der Waals surface area contributed by atoms with E-state index in [9.17, 15) is 4.79 Å². The molecule has 2 aliphatic rings. The Bertz CT molecular complexity index is 912. The van der Waals surface area contributed by atoms with E-state index >= 15 is 0 Å². The first-order valence-corrected chi connectivity index (χ1v) is 8.97. The average Bonchev–Trinajstić information content (AvgIpc) is 2.57. The molecule has 0 spiro atoms. The molecule has 0 aromatic heterocycles. The number of hydrogen-bond donors (Lipinski definition) is 1. The fraction of sp³-hybridized carbons (Fsp3) is 0.348. The van der Waals surface area contributed by atoms with Crippen LogP contribution in [0.4, 0.5) is 5.69 Å². The molecule has 0 saturated heterocycles. The first kappa shape index (κ1) is 16.1. The van der Waals surface area contributed by atoms with Gasteiger partial charge in [-0.05, 0) is 36.5 Å². The highest BCUT2D eigenvalue weighted by atomic mass is 16.1. The van der Waals surface area contributed by atoms with Gasteiger partial charge in [0, 0.05) is 22.7 Å². The molecule has 0 radical (unpaired) electrons. The maximum Gasteiger partial charge on any atom is 0.171 e. The van der Waals surface area contributed by atoms with Gasteiger partial charge >= 0.3 is 0 Å². The Kier molecular flexibility index (Phi) is 3.28. The van der Waals surface area contributed by atoms with E-state index in [-0.39, 0.29) is 17.1 Å². The highest BCUT2D eigenvalue weighted by Gasteiger charge is 2.47. The largest absolute Gasteiger partial charge is 0.354 e.